The van der Waals surface area contributed by atoms with Crippen LogP contribution in [0.4, 0.5) is 13.2 Å². The van der Waals surface area contributed by atoms with Gasteiger partial charge in [0.2, 0.25) is 5.91 Å². The molecule has 1 aliphatic heterocycles. The Hall–Kier alpha value is -1.52. The summed E-state index contributed by atoms with van der Waals surface area (Å²) < 4.78 is 39.4. The zero-order chi connectivity index (χ0) is 11.0. The van der Waals surface area contributed by atoms with E-state index in [9.17, 15) is 18.0 Å². The van der Waals surface area contributed by atoms with Crippen molar-refractivity contribution in [2.24, 2.45) is 0 Å². The maximum atomic E-state index is 13.3. The molecule has 1 amide bonds. The summed E-state index contributed by atoms with van der Waals surface area (Å²) in [5.41, 5.74) is -0.339. The summed E-state index contributed by atoms with van der Waals surface area (Å²) in [4.78, 5) is 10.9. The van der Waals surface area contributed by atoms with Gasteiger partial charge in [0.25, 0.3) is 0 Å². The number of nitrogens with one attached hydrogen (secondary N) is 1. The molecule has 0 spiro atoms. The van der Waals surface area contributed by atoms with Gasteiger partial charge >= 0.3 is 0 Å². The lowest BCUT2D eigenvalue weighted by atomic mass is 9.97. The van der Waals surface area contributed by atoms with Crippen molar-refractivity contribution >= 4 is 5.91 Å². The Labute approximate surface area is 84.1 Å². The van der Waals surface area contributed by atoms with Crippen molar-refractivity contribution < 1.29 is 18.0 Å². The molecule has 1 heterocycles. The minimum absolute atomic E-state index is 0.00269. The molecule has 0 aromatic heterocycles. The van der Waals surface area contributed by atoms with E-state index in [0.717, 1.165) is 12.1 Å². The van der Waals surface area contributed by atoms with Crippen molar-refractivity contribution in [1.82, 2.24) is 5.32 Å². The quantitative estimate of drug-likeness (QED) is 0.710. The fraction of sp³-hybridized carbons (Fsp3) is 0.300. The summed E-state index contributed by atoms with van der Waals surface area (Å²) in [7, 11) is 0. The van der Waals surface area contributed by atoms with Crippen LogP contribution >= 0.6 is 0 Å². The number of hydrogen-bond acceptors (Lipinski definition) is 1. The average molecular weight is 215 g/mol. The Morgan fingerprint density at radius 1 is 1.20 bits per heavy atom. The second-order valence-corrected chi connectivity index (χ2v) is 3.46. The molecule has 0 radical (unpaired) electrons. The van der Waals surface area contributed by atoms with Crippen LogP contribution in [0.3, 0.4) is 0 Å². The van der Waals surface area contributed by atoms with Gasteiger partial charge in [-0.25, -0.2) is 13.2 Å². The molecule has 0 aliphatic carbocycles. The Morgan fingerprint density at radius 3 is 2.47 bits per heavy atom. The van der Waals surface area contributed by atoms with E-state index in [1.54, 1.807) is 0 Å². The summed E-state index contributed by atoms with van der Waals surface area (Å²) in [5.74, 6) is -3.99. The van der Waals surface area contributed by atoms with Crippen LogP contribution in [-0.2, 0) is 4.79 Å². The van der Waals surface area contributed by atoms with Gasteiger partial charge in [0.15, 0.2) is 11.6 Å². The maximum Gasteiger partial charge on any atom is 0.220 e. The number of halogens is 3. The fourth-order valence-electron chi connectivity index (χ4n) is 1.73. The molecule has 80 valence electrons. The summed E-state index contributed by atoms with van der Waals surface area (Å²) >= 11 is 0. The van der Waals surface area contributed by atoms with Gasteiger partial charge < -0.3 is 5.32 Å². The van der Waals surface area contributed by atoms with Gasteiger partial charge in [-0.1, -0.05) is 0 Å². The third-order valence-corrected chi connectivity index (χ3v) is 2.47. The van der Waals surface area contributed by atoms with Crippen molar-refractivity contribution in [3.63, 3.8) is 0 Å². The number of carbonyl (C=O) groups is 1. The molecule has 2 nitrogen and oxygen atoms in total. The van der Waals surface area contributed by atoms with Gasteiger partial charge in [-0.3, -0.25) is 4.79 Å². The number of rotatable bonds is 1. The highest BCUT2D eigenvalue weighted by molar-refractivity contribution is 5.79. The van der Waals surface area contributed by atoms with Gasteiger partial charge in [0.1, 0.15) is 5.82 Å². The predicted octanol–water partition coefficient (Wildman–Crippen LogP) is 1.71. The molecule has 1 saturated heterocycles. The van der Waals surface area contributed by atoms with Crippen LogP contribution in [0.2, 0.25) is 0 Å². The van der Waals surface area contributed by atoms with Gasteiger partial charge in [-0.2, -0.15) is 0 Å². The lowest BCUT2D eigenvalue weighted by Crippen LogP contribution is -2.14. The van der Waals surface area contributed by atoms with Crippen molar-refractivity contribution in [2.45, 2.75) is 12.3 Å². The Bertz CT molecular complexity index is 419. The van der Waals surface area contributed by atoms with E-state index in [4.69, 9.17) is 0 Å². The van der Waals surface area contributed by atoms with Gasteiger partial charge in [-0.05, 0) is 12.1 Å². The third kappa shape index (κ3) is 1.69. The lowest BCUT2D eigenvalue weighted by Gasteiger charge is -2.10. The van der Waals surface area contributed by atoms with E-state index in [-0.39, 0.29) is 24.4 Å². The highest BCUT2D eigenvalue weighted by Gasteiger charge is 2.29. The van der Waals surface area contributed by atoms with Crippen LogP contribution in [0.1, 0.15) is 17.9 Å². The molecular weight excluding hydrogens is 207 g/mol. The number of benzene rings is 1. The topological polar surface area (TPSA) is 29.1 Å². The first kappa shape index (κ1) is 10.0. The van der Waals surface area contributed by atoms with Crippen molar-refractivity contribution in [3.05, 3.63) is 35.1 Å². The highest BCUT2D eigenvalue weighted by Crippen LogP contribution is 2.28. The summed E-state index contributed by atoms with van der Waals surface area (Å²) in [6.07, 6.45) is -0.00269. The van der Waals surface area contributed by atoms with E-state index in [1.165, 1.54) is 0 Å². The Morgan fingerprint density at radius 2 is 1.87 bits per heavy atom. The monoisotopic (exact) mass is 215 g/mol. The number of amides is 1. The summed E-state index contributed by atoms with van der Waals surface area (Å²) in [5, 5.41) is 2.45. The zero-order valence-electron chi connectivity index (χ0n) is 7.69. The van der Waals surface area contributed by atoms with E-state index in [2.05, 4.69) is 5.32 Å². The number of carbonyl (C=O) groups excluding carboxylic acids is 1. The standard InChI is InChI=1S/C10H8F3NO/c11-6-1-2-7(12)10(13)9(6)5-3-8(15)14-4-5/h1-2,5H,3-4H2,(H,14,15). The molecule has 1 N–H and O–H groups in total. The average Bonchev–Trinajstić information content (AvgIpc) is 2.59. The van der Waals surface area contributed by atoms with E-state index < -0.39 is 23.4 Å². The molecule has 15 heavy (non-hydrogen) atoms. The van der Waals surface area contributed by atoms with Crippen LogP contribution in [0, 0.1) is 17.5 Å². The van der Waals surface area contributed by atoms with Gasteiger partial charge in [-0.15, -0.1) is 0 Å². The summed E-state index contributed by atoms with van der Waals surface area (Å²) in [6.45, 7) is 0.149. The van der Waals surface area contributed by atoms with E-state index >= 15 is 0 Å². The minimum atomic E-state index is -1.20. The first-order chi connectivity index (χ1) is 7.09. The Balaban J connectivity index is 2.43. The fourth-order valence-corrected chi connectivity index (χ4v) is 1.73. The van der Waals surface area contributed by atoms with Crippen molar-refractivity contribution in [3.8, 4) is 0 Å². The molecule has 1 unspecified atom stereocenters. The molecular formula is C10H8F3NO. The normalized spacial score (nSPS) is 20.5. The SMILES string of the molecule is O=C1CC(c2c(F)ccc(F)c2F)CN1. The van der Waals surface area contributed by atoms with Crippen LogP contribution in [0.15, 0.2) is 12.1 Å². The molecule has 1 atom stereocenters. The van der Waals surface area contributed by atoms with E-state index in [1.807, 2.05) is 0 Å². The maximum absolute atomic E-state index is 13.3. The van der Waals surface area contributed by atoms with Gasteiger partial charge in [0.05, 0.1) is 0 Å². The van der Waals surface area contributed by atoms with Gasteiger partial charge in [0, 0.05) is 24.4 Å². The minimum Gasteiger partial charge on any atom is -0.355 e. The molecule has 5 heteroatoms. The third-order valence-electron chi connectivity index (χ3n) is 2.47. The Kier molecular flexibility index (Phi) is 2.38. The van der Waals surface area contributed by atoms with Crippen LogP contribution in [0.25, 0.3) is 0 Å². The largest absolute Gasteiger partial charge is 0.355 e. The first-order valence-electron chi connectivity index (χ1n) is 4.49. The molecule has 2 rings (SSSR count). The number of hydrogen-bond donors (Lipinski definition) is 1. The molecule has 0 saturated carbocycles. The highest BCUT2D eigenvalue weighted by atomic mass is 19.2. The van der Waals surface area contributed by atoms with Crippen molar-refractivity contribution in [1.29, 1.82) is 0 Å². The second-order valence-electron chi connectivity index (χ2n) is 3.46. The molecule has 1 aliphatic rings. The van der Waals surface area contributed by atoms with E-state index in [0.29, 0.717) is 0 Å². The molecule has 1 aromatic rings. The molecule has 1 aromatic carbocycles. The van der Waals surface area contributed by atoms with Crippen molar-refractivity contribution in [2.75, 3.05) is 6.54 Å². The molecule has 1 fully saturated rings. The smallest absolute Gasteiger partial charge is 0.220 e. The van der Waals surface area contributed by atoms with Crippen LogP contribution < -0.4 is 5.32 Å². The predicted molar refractivity (Wildman–Crippen MR) is 46.7 cm³/mol. The lowest BCUT2D eigenvalue weighted by molar-refractivity contribution is -0.119. The van der Waals surface area contributed by atoms with Crippen LogP contribution in [0.5, 0.6) is 0 Å². The summed E-state index contributed by atoms with van der Waals surface area (Å²) in [6, 6.07) is 1.61. The van der Waals surface area contributed by atoms with Crippen LogP contribution in [-0.4, -0.2) is 12.5 Å². The second kappa shape index (κ2) is 3.56. The zero-order valence-corrected chi connectivity index (χ0v) is 7.69. The first-order valence-corrected chi connectivity index (χ1v) is 4.49. The molecule has 0 bridgehead atoms.